The second-order valence-electron chi connectivity index (χ2n) is 5.58. The van der Waals surface area contributed by atoms with Crippen LogP contribution in [0.1, 0.15) is 43.8 Å². The van der Waals surface area contributed by atoms with E-state index in [1.165, 1.54) is 25.3 Å². The maximum atomic E-state index is 13.6. The predicted octanol–water partition coefficient (Wildman–Crippen LogP) is 5.43. The lowest BCUT2D eigenvalue weighted by atomic mass is 10.2. The average Bonchev–Trinajstić information content (AvgIpc) is 3.14. The van der Waals surface area contributed by atoms with Crippen LogP contribution in [0.15, 0.2) is 16.6 Å². The van der Waals surface area contributed by atoms with Gasteiger partial charge < -0.3 is 4.57 Å². The van der Waals surface area contributed by atoms with E-state index in [1.807, 2.05) is 6.92 Å². The summed E-state index contributed by atoms with van der Waals surface area (Å²) in [6.07, 6.45) is 5.14. The van der Waals surface area contributed by atoms with E-state index in [2.05, 4.69) is 25.5 Å². The Hall–Kier alpha value is -0.610. The largest absolute Gasteiger partial charge is 0.327 e. The summed E-state index contributed by atoms with van der Waals surface area (Å²) >= 11 is 9.47. The van der Waals surface area contributed by atoms with E-state index in [9.17, 15) is 4.39 Å². The normalized spacial score (nSPS) is 16.8. The lowest BCUT2D eigenvalue weighted by Gasteiger charge is -2.10. The Morgan fingerprint density at radius 2 is 2.25 bits per heavy atom. The first kappa shape index (κ1) is 14.3. The predicted molar refractivity (Wildman–Crippen MR) is 83.6 cm³/mol. The molecule has 1 saturated carbocycles. The number of fused-ring (bicyclic) bond motifs is 1. The Kier molecular flexibility index (Phi) is 4.04. The van der Waals surface area contributed by atoms with Crippen LogP contribution >= 0.6 is 27.5 Å². The summed E-state index contributed by atoms with van der Waals surface area (Å²) in [5.41, 5.74) is 1.64. The van der Waals surface area contributed by atoms with Crippen molar-refractivity contribution in [3.8, 4) is 0 Å². The molecule has 5 heteroatoms. The molecule has 0 saturated heterocycles. The highest BCUT2D eigenvalue weighted by Gasteiger charge is 2.21. The van der Waals surface area contributed by atoms with Gasteiger partial charge in [-0.1, -0.05) is 12.8 Å². The van der Waals surface area contributed by atoms with Gasteiger partial charge in [0, 0.05) is 12.6 Å². The fraction of sp³-hybridized carbons (Fsp3) is 0.533. The number of alkyl halides is 1. The number of nitrogens with zero attached hydrogens (tertiary/aromatic N) is 2. The summed E-state index contributed by atoms with van der Waals surface area (Å²) < 4.78 is 16.2. The summed E-state index contributed by atoms with van der Waals surface area (Å²) in [6, 6.07) is 3.27. The van der Waals surface area contributed by atoms with E-state index >= 15 is 0 Å². The molecule has 0 bridgehead atoms. The average molecular weight is 360 g/mol. The molecule has 1 aliphatic carbocycles. The standard InChI is InChI=1S/C15H17BrClFN2/c1-9(17)15-19-13-8-12(18)11(16)7-14(13)20(15)6-2-3-10-4-5-10/h7-10H,2-6H2,1H3. The van der Waals surface area contributed by atoms with E-state index in [1.54, 1.807) is 6.07 Å². The highest BCUT2D eigenvalue weighted by molar-refractivity contribution is 9.10. The Bertz CT molecular complexity index is 634. The van der Waals surface area contributed by atoms with Gasteiger partial charge in [0.2, 0.25) is 0 Å². The minimum atomic E-state index is -0.283. The van der Waals surface area contributed by atoms with Crippen LogP contribution in [0.3, 0.4) is 0 Å². The van der Waals surface area contributed by atoms with Crippen LogP contribution in [-0.4, -0.2) is 9.55 Å². The van der Waals surface area contributed by atoms with Crippen LogP contribution in [0.2, 0.25) is 0 Å². The van der Waals surface area contributed by atoms with Crippen molar-refractivity contribution in [2.24, 2.45) is 5.92 Å². The number of hydrogen-bond donors (Lipinski definition) is 0. The van der Waals surface area contributed by atoms with Gasteiger partial charge >= 0.3 is 0 Å². The maximum absolute atomic E-state index is 13.6. The number of imidazole rings is 1. The molecule has 1 unspecified atom stereocenters. The van der Waals surface area contributed by atoms with Crippen molar-refractivity contribution < 1.29 is 4.39 Å². The Balaban J connectivity index is 1.96. The number of aryl methyl sites for hydroxylation is 1. The van der Waals surface area contributed by atoms with Gasteiger partial charge in [0.15, 0.2) is 0 Å². The lowest BCUT2D eigenvalue weighted by Crippen LogP contribution is -2.05. The van der Waals surface area contributed by atoms with Gasteiger partial charge in [-0.15, -0.1) is 11.6 Å². The second-order valence-corrected chi connectivity index (χ2v) is 7.09. The summed E-state index contributed by atoms with van der Waals surface area (Å²) in [7, 11) is 0. The zero-order valence-corrected chi connectivity index (χ0v) is 13.7. The number of halogens is 3. The van der Waals surface area contributed by atoms with Crippen molar-refractivity contribution in [2.45, 2.75) is 44.5 Å². The third-order valence-electron chi connectivity index (χ3n) is 3.87. The minimum absolute atomic E-state index is 0.176. The van der Waals surface area contributed by atoms with Crippen LogP contribution < -0.4 is 0 Å². The Labute approximate surface area is 131 Å². The number of hydrogen-bond acceptors (Lipinski definition) is 1. The molecule has 1 aliphatic rings. The molecule has 0 aliphatic heterocycles. The zero-order chi connectivity index (χ0) is 14.3. The molecule has 2 aromatic rings. The highest BCUT2D eigenvalue weighted by Crippen LogP contribution is 2.34. The number of benzene rings is 1. The first-order valence-electron chi connectivity index (χ1n) is 7.05. The van der Waals surface area contributed by atoms with E-state index < -0.39 is 0 Å². The quantitative estimate of drug-likeness (QED) is 0.651. The van der Waals surface area contributed by atoms with Crippen molar-refractivity contribution in [1.82, 2.24) is 9.55 Å². The van der Waals surface area contributed by atoms with E-state index in [4.69, 9.17) is 11.6 Å². The molecule has 0 spiro atoms. The van der Waals surface area contributed by atoms with Crippen LogP contribution in [0.4, 0.5) is 4.39 Å². The molecule has 0 N–H and O–H groups in total. The molecule has 1 aromatic carbocycles. The van der Waals surface area contributed by atoms with E-state index in [0.717, 1.165) is 30.2 Å². The molecule has 1 fully saturated rings. The summed E-state index contributed by atoms with van der Waals surface area (Å²) in [4.78, 5) is 4.50. The molecule has 1 atom stereocenters. The SMILES string of the molecule is CC(Cl)c1nc2cc(F)c(Br)cc2n1CCCC1CC1. The fourth-order valence-corrected chi connectivity index (χ4v) is 3.12. The van der Waals surface area contributed by atoms with Crippen LogP contribution in [-0.2, 0) is 6.54 Å². The van der Waals surface area contributed by atoms with Crippen molar-refractivity contribution >= 4 is 38.6 Å². The highest BCUT2D eigenvalue weighted by atomic mass is 79.9. The zero-order valence-electron chi connectivity index (χ0n) is 11.4. The fourth-order valence-electron chi connectivity index (χ4n) is 2.62. The molecular formula is C15H17BrClFN2. The first-order valence-corrected chi connectivity index (χ1v) is 8.28. The molecule has 0 radical (unpaired) electrons. The number of rotatable bonds is 5. The van der Waals surface area contributed by atoms with Crippen LogP contribution in [0.25, 0.3) is 11.0 Å². The molecule has 108 valence electrons. The summed E-state index contributed by atoms with van der Waals surface area (Å²) in [5.74, 6) is 1.47. The third-order valence-corrected chi connectivity index (χ3v) is 4.67. The maximum Gasteiger partial charge on any atom is 0.139 e. The monoisotopic (exact) mass is 358 g/mol. The second kappa shape index (κ2) is 5.64. The molecule has 1 aromatic heterocycles. The van der Waals surface area contributed by atoms with E-state index in [0.29, 0.717) is 9.99 Å². The van der Waals surface area contributed by atoms with Crippen molar-refractivity contribution in [3.63, 3.8) is 0 Å². The third kappa shape index (κ3) is 2.86. The molecule has 3 rings (SSSR count). The van der Waals surface area contributed by atoms with Crippen LogP contribution in [0, 0.1) is 11.7 Å². The van der Waals surface area contributed by atoms with Crippen molar-refractivity contribution in [3.05, 3.63) is 28.2 Å². The van der Waals surface area contributed by atoms with Gasteiger partial charge in [0.1, 0.15) is 11.6 Å². The Morgan fingerprint density at radius 1 is 1.50 bits per heavy atom. The first-order chi connectivity index (χ1) is 9.56. The van der Waals surface area contributed by atoms with Crippen molar-refractivity contribution in [1.29, 1.82) is 0 Å². The molecule has 2 nitrogen and oxygen atoms in total. The van der Waals surface area contributed by atoms with Gasteiger partial charge in [0.05, 0.1) is 20.9 Å². The minimum Gasteiger partial charge on any atom is -0.327 e. The molecular weight excluding hydrogens is 343 g/mol. The van der Waals surface area contributed by atoms with Gasteiger partial charge in [-0.3, -0.25) is 0 Å². The molecule has 0 amide bonds. The van der Waals surface area contributed by atoms with Gasteiger partial charge in [-0.2, -0.15) is 0 Å². The molecule has 1 heterocycles. The van der Waals surface area contributed by atoms with Gasteiger partial charge in [-0.25, -0.2) is 9.37 Å². The van der Waals surface area contributed by atoms with Crippen molar-refractivity contribution in [2.75, 3.05) is 0 Å². The summed E-state index contributed by atoms with van der Waals surface area (Å²) in [6.45, 7) is 2.81. The Morgan fingerprint density at radius 3 is 2.90 bits per heavy atom. The van der Waals surface area contributed by atoms with Gasteiger partial charge in [0.25, 0.3) is 0 Å². The molecule has 20 heavy (non-hydrogen) atoms. The number of aromatic nitrogens is 2. The smallest absolute Gasteiger partial charge is 0.139 e. The van der Waals surface area contributed by atoms with Crippen LogP contribution in [0.5, 0.6) is 0 Å². The summed E-state index contributed by atoms with van der Waals surface area (Å²) in [5, 5.41) is -0.176. The van der Waals surface area contributed by atoms with Gasteiger partial charge in [-0.05, 0) is 47.7 Å². The topological polar surface area (TPSA) is 17.8 Å². The van der Waals surface area contributed by atoms with E-state index in [-0.39, 0.29) is 11.2 Å². The lowest BCUT2D eigenvalue weighted by molar-refractivity contribution is 0.569.